The van der Waals surface area contributed by atoms with Crippen LogP contribution < -0.4 is 16.4 Å². The van der Waals surface area contributed by atoms with Crippen LogP contribution in [-0.2, 0) is 17.9 Å². The monoisotopic (exact) mass is 437 g/mol. The molecule has 0 saturated carbocycles. The van der Waals surface area contributed by atoms with Gasteiger partial charge in [0.15, 0.2) is 0 Å². The van der Waals surface area contributed by atoms with Gasteiger partial charge in [-0.15, -0.1) is 0 Å². The number of fused-ring (bicyclic) bond motifs is 2. The molecule has 2 aromatic heterocycles. The van der Waals surface area contributed by atoms with Gasteiger partial charge >= 0.3 is 0 Å². The van der Waals surface area contributed by atoms with Crippen LogP contribution in [0, 0.1) is 0 Å². The molecule has 0 fully saturated rings. The fourth-order valence-electron chi connectivity index (χ4n) is 4.09. The molecular formula is C26H23N5O2. The van der Waals surface area contributed by atoms with Gasteiger partial charge in [0.2, 0.25) is 5.95 Å². The van der Waals surface area contributed by atoms with E-state index in [0.717, 1.165) is 22.2 Å². The van der Waals surface area contributed by atoms with Crippen LogP contribution in [0.2, 0.25) is 0 Å². The van der Waals surface area contributed by atoms with Crippen LogP contribution >= 0.6 is 0 Å². The molecule has 2 heterocycles. The molecular weight excluding hydrogens is 414 g/mol. The molecule has 0 unspecified atom stereocenters. The van der Waals surface area contributed by atoms with E-state index in [2.05, 4.69) is 21.9 Å². The normalized spacial score (nSPS) is 11.1. The van der Waals surface area contributed by atoms with Gasteiger partial charge in [-0.3, -0.25) is 25.0 Å². The number of aromatic nitrogens is 3. The Balaban J connectivity index is 1.43. The summed E-state index contributed by atoms with van der Waals surface area (Å²) in [4.78, 5) is 30.3. The Morgan fingerprint density at radius 2 is 1.64 bits per heavy atom. The largest absolute Gasteiger partial charge is 0.331 e. The summed E-state index contributed by atoms with van der Waals surface area (Å²) in [6.45, 7) is 2.40. The molecule has 0 aliphatic rings. The van der Waals surface area contributed by atoms with E-state index in [0.29, 0.717) is 23.4 Å². The summed E-state index contributed by atoms with van der Waals surface area (Å²) in [5, 5.41) is 1.61. The van der Waals surface area contributed by atoms with Crippen LogP contribution in [0.1, 0.15) is 6.92 Å². The van der Waals surface area contributed by atoms with Crippen molar-refractivity contribution in [2.24, 2.45) is 0 Å². The molecule has 0 spiro atoms. The fourth-order valence-corrected chi connectivity index (χ4v) is 4.09. The van der Waals surface area contributed by atoms with E-state index in [1.54, 1.807) is 12.1 Å². The molecule has 7 nitrogen and oxygen atoms in total. The first-order valence-corrected chi connectivity index (χ1v) is 10.8. The summed E-state index contributed by atoms with van der Waals surface area (Å²) in [6.07, 6.45) is 0. The molecule has 0 bridgehead atoms. The van der Waals surface area contributed by atoms with Crippen molar-refractivity contribution in [2.75, 3.05) is 5.43 Å². The third-order valence-corrected chi connectivity index (χ3v) is 5.67. The molecule has 2 N–H and O–H groups in total. The lowest BCUT2D eigenvalue weighted by Crippen LogP contribution is -2.36. The molecule has 3 aromatic carbocycles. The van der Waals surface area contributed by atoms with Crippen molar-refractivity contribution in [1.82, 2.24) is 19.5 Å². The summed E-state index contributed by atoms with van der Waals surface area (Å²) in [5.41, 5.74) is 8.96. The topological polar surface area (TPSA) is 81.0 Å². The van der Waals surface area contributed by atoms with Crippen molar-refractivity contribution in [2.45, 2.75) is 20.0 Å². The lowest BCUT2D eigenvalue weighted by atomic mass is 10.1. The minimum Gasteiger partial charge on any atom is -0.331 e. The number of benzene rings is 3. The molecule has 0 saturated heterocycles. The number of hydrogen-bond acceptors (Lipinski definition) is 4. The highest BCUT2D eigenvalue weighted by atomic mass is 16.2. The second-order valence-electron chi connectivity index (χ2n) is 7.72. The van der Waals surface area contributed by atoms with Gasteiger partial charge in [-0.2, -0.15) is 0 Å². The molecule has 1 amide bonds. The number of nitrogens with zero attached hydrogens (tertiary/aromatic N) is 3. The maximum atomic E-state index is 12.9. The van der Waals surface area contributed by atoms with Gasteiger partial charge in [-0.05, 0) is 36.8 Å². The lowest BCUT2D eigenvalue weighted by molar-refractivity contribution is -0.121. The standard InChI is InChI=1S/C26H23N5O2/c1-2-30-25(33)20-13-7-8-14-21(20)27-26(30)29-28-24(32)17-31-22-15-9-6-12-19(22)16-23(31)18-10-4-3-5-11-18/h3-16H,2,17H2,1H3,(H,27,29)(H,28,32). The number of carbonyl (C=O) groups excluding carboxylic acids is 1. The highest BCUT2D eigenvalue weighted by Crippen LogP contribution is 2.28. The van der Waals surface area contributed by atoms with Gasteiger partial charge in [0, 0.05) is 23.1 Å². The van der Waals surface area contributed by atoms with E-state index in [1.807, 2.05) is 78.2 Å². The van der Waals surface area contributed by atoms with E-state index in [-0.39, 0.29) is 18.0 Å². The molecule has 164 valence electrons. The average molecular weight is 438 g/mol. The van der Waals surface area contributed by atoms with Gasteiger partial charge in [-0.25, -0.2) is 4.98 Å². The van der Waals surface area contributed by atoms with Crippen molar-refractivity contribution < 1.29 is 4.79 Å². The Morgan fingerprint density at radius 1 is 0.909 bits per heavy atom. The number of rotatable bonds is 6. The molecule has 7 heteroatoms. The number of hydrazine groups is 1. The van der Waals surface area contributed by atoms with Gasteiger partial charge < -0.3 is 4.57 Å². The maximum absolute atomic E-state index is 12.9. The van der Waals surface area contributed by atoms with E-state index in [1.165, 1.54) is 4.57 Å². The number of carbonyl (C=O) groups is 1. The molecule has 5 rings (SSSR count). The smallest absolute Gasteiger partial charge is 0.262 e. The molecule has 0 atom stereocenters. The van der Waals surface area contributed by atoms with Crippen LogP contribution in [0.3, 0.4) is 0 Å². The summed E-state index contributed by atoms with van der Waals surface area (Å²) < 4.78 is 3.49. The van der Waals surface area contributed by atoms with Crippen LogP contribution in [-0.4, -0.2) is 20.0 Å². The SMILES string of the molecule is CCn1c(NNC(=O)Cn2c(-c3ccccc3)cc3ccccc32)nc2ccccc2c1=O. The number of anilines is 1. The maximum Gasteiger partial charge on any atom is 0.262 e. The Hall–Kier alpha value is -4.39. The zero-order valence-electron chi connectivity index (χ0n) is 18.2. The number of para-hydroxylation sites is 2. The fraction of sp³-hybridized carbons (Fsp3) is 0.115. The lowest BCUT2D eigenvalue weighted by Gasteiger charge is -2.15. The Kier molecular flexibility index (Phi) is 5.36. The molecule has 0 aliphatic heterocycles. The Labute approximate surface area is 190 Å². The van der Waals surface area contributed by atoms with E-state index in [9.17, 15) is 9.59 Å². The van der Waals surface area contributed by atoms with Crippen molar-refractivity contribution in [3.05, 3.63) is 95.3 Å². The summed E-state index contributed by atoms with van der Waals surface area (Å²) in [7, 11) is 0. The van der Waals surface area contributed by atoms with Crippen LogP contribution in [0.15, 0.2) is 89.7 Å². The summed E-state index contributed by atoms with van der Waals surface area (Å²) >= 11 is 0. The van der Waals surface area contributed by atoms with Crippen molar-refractivity contribution in [1.29, 1.82) is 0 Å². The van der Waals surface area contributed by atoms with Crippen LogP contribution in [0.4, 0.5) is 5.95 Å². The van der Waals surface area contributed by atoms with E-state index < -0.39 is 0 Å². The first kappa shape index (κ1) is 20.5. The molecule has 0 aliphatic carbocycles. The number of amides is 1. The third kappa shape index (κ3) is 3.85. The highest BCUT2D eigenvalue weighted by molar-refractivity contribution is 5.89. The van der Waals surface area contributed by atoms with Crippen LogP contribution in [0.5, 0.6) is 0 Å². The summed E-state index contributed by atoms with van der Waals surface area (Å²) in [5.74, 6) is 0.0498. The van der Waals surface area contributed by atoms with E-state index >= 15 is 0 Å². The van der Waals surface area contributed by atoms with Gasteiger partial charge in [-0.1, -0.05) is 60.7 Å². The van der Waals surface area contributed by atoms with Gasteiger partial charge in [0.1, 0.15) is 6.54 Å². The van der Waals surface area contributed by atoms with Gasteiger partial charge in [0.25, 0.3) is 11.5 Å². The number of nitrogens with one attached hydrogen (secondary N) is 2. The highest BCUT2D eigenvalue weighted by Gasteiger charge is 2.15. The summed E-state index contributed by atoms with van der Waals surface area (Å²) in [6, 6.07) is 27.2. The zero-order chi connectivity index (χ0) is 22.8. The molecule has 0 radical (unpaired) electrons. The average Bonchev–Trinajstić information content (AvgIpc) is 3.22. The Bertz CT molecular complexity index is 1520. The van der Waals surface area contributed by atoms with Crippen LogP contribution in [0.25, 0.3) is 33.1 Å². The predicted molar refractivity (Wildman–Crippen MR) is 131 cm³/mol. The third-order valence-electron chi connectivity index (χ3n) is 5.67. The van der Waals surface area contributed by atoms with E-state index in [4.69, 9.17) is 0 Å². The molecule has 33 heavy (non-hydrogen) atoms. The molecule has 5 aromatic rings. The zero-order valence-corrected chi connectivity index (χ0v) is 18.2. The van der Waals surface area contributed by atoms with Gasteiger partial charge in [0.05, 0.1) is 10.9 Å². The minimum atomic E-state index is -0.251. The Morgan fingerprint density at radius 3 is 2.45 bits per heavy atom. The predicted octanol–water partition coefficient (Wildman–Crippen LogP) is 4.18. The minimum absolute atomic E-state index is 0.106. The first-order chi connectivity index (χ1) is 16.2. The quantitative estimate of drug-likeness (QED) is 0.391. The van der Waals surface area contributed by atoms with Crippen molar-refractivity contribution >= 4 is 33.7 Å². The second-order valence-corrected chi connectivity index (χ2v) is 7.72. The second kappa shape index (κ2) is 8.63. The van der Waals surface area contributed by atoms with Crippen molar-refractivity contribution in [3.63, 3.8) is 0 Å². The number of hydrogen-bond donors (Lipinski definition) is 2. The van der Waals surface area contributed by atoms with Crippen molar-refractivity contribution in [3.8, 4) is 11.3 Å². The first-order valence-electron chi connectivity index (χ1n) is 10.8.